The van der Waals surface area contributed by atoms with Crippen LogP contribution in [0.15, 0.2) is 35.4 Å². The van der Waals surface area contributed by atoms with Gasteiger partial charge in [-0.1, -0.05) is 18.2 Å². The quantitative estimate of drug-likeness (QED) is 0.734. The van der Waals surface area contributed by atoms with E-state index in [0.717, 1.165) is 42.5 Å². The van der Waals surface area contributed by atoms with Gasteiger partial charge in [-0.25, -0.2) is 8.42 Å². The summed E-state index contributed by atoms with van der Waals surface area (Å²) in [6.45, 7) is 4.67. The monoisotopic (exact) mass is 399 g/mol. The minimum Gasteiger partial charge on any atom is -0.347 e. The van der Waals surface area contributed by atoms with Gasteiger partial charge >= 0.3 is 0 Å². The van der Waals surface area contributed by atoms with E-state index in [4.69, 9.17) is 0 Å². The molecule has 0 aliphatic carbocycles. The van der Waals surface area contributed by atoms with Gasteiger partial charge in [-0.05, 0) is 25.8 Å². The summed E-state index contributed by atoms with van der Waals surface area (Å²) < 4.78 is 32.7. The van der Waals surface area contributed by atoms with Crippen LogP contribution in [-0.4, -0.2) is 40.2 Å². The zero-order valence-electron chi connectivity index (χ0n) is 16.2. The molecule has 8 heteroatoms. The second kappa shape index (κ2) is 6.43. The molecule has 0 unspecified atom stereocenters. The molecule has 2 aromatic heterocycles. The van der Waals surface area contributed by atoms with Crippen molar-refractivity contribution in [1.29, 1.82) is 0 Å². The molecule has 4 heterocycles. The van der Waals surface area contributed by atoms with E-state index in [1.807, 2.05) is 49.0 Å². The molecular formula is C20H25N5O2S. The molecule has 7 nitrogen and oxygen atoms in total. The zero-order chi connectivity index (χ0) is 19.5. The van der Waals surface area contributed by atoms with Crippen molar-refractivity contribution in [2.45, 2.75) is 43.8 Å². The van der Waals surface area contributed by atoms with Crippen molar-refractivity contribution in [1.82, 2.24) is 24.0 Å². The lowest BCUT2D eigenvalue weighted by Crippen LogP contribution is -2.39. The number of fused-ring (bicyclic) bond motifs is 2. The van der Waals surface area contributed by atoms with Crippen molar-refractivity contribution in [3.05, 3.63) is 47.4 Å². The SMILES string of the molecule is Cc1c(S(=O)(=O)N2CCC(n3ncc4c3CNC4)CC2)c2ccccc2n1C. The lowest BCUT2D eigenvalue weighted by molar-refractivity contribution is 0.257. The van der Waals surface area contributed by atoms with Crippen molar-refractivity contribution in [2.75, 3.05) is 13.1 Å². The molecule has 1 N–H and O–H groups in total. The van der Waals surface area contributed by atoms with E-state index in [0.29, 0.717) is 18.0 Å². The van der Waals surface area contributed by atoms with Crippen molar-refractivity contribution < 1.29 is 8.42 Å². The first-order valence-electron chi connectivity index (χ1n) is 9.78. The summed E-state index contributed by atoms with van der Waals surface area (Å²) in [6.07, 6.45) is 3.52. The van der Waals surface area contributed by atoms with Crippen molar-refractivity contribution >= 4 is 20.9 Å². The largest absolute Gasteiger partial charge is 0.347 e. The molecule has 1 saturated heterocycles. The van der Waals surface area contributed by atoms with Gasteiger partial charge in [-0.3, -0.25) is 4.68 Å². The van der Waals surface area contributed by atoms with E-state index in [2.05, 4.69) is 15.1 Å². The lowest BCUT2D eigenvalue weighted by atomic mass is 10.1. The number of aryl methyl sites for hydroxylation is 1. The van der Waals surface area contributed by atoms with Crippen molar-refractivity contribution in [3.8, 4) is 0 Å². The summed E-state index contributed by atoms with van der Waals surface area (Å²) in [4.78, 5) is 0.452. The molecular weight excluding hydrogens is 374 g/mol. The highest BCUT2D eigenvalue weighted by Gasteiger charge is 2.34. The Balaban J connectivity index is 1.43. The van der Waals surface area contributed by atoms with E-state index in [9.17, 15) is 8.42 Å². The maximum absolute atomic E-state index is 13.5. The normalized spacial score (nSPS) is 18.8. The standard InChI is InChI=1S/C20H25N5O2S/c1-14-20(17-5-3-4-6-18(17)23(14)2)28(26,27)24-9-7-16(8-10-24)25-19-13-21-11-15(19)12-22-25/h3-6,12,16,21H,7-11,13H2,1-2H3. The molecule has 1 aromatic carbocycles. The number of benzene rings is 1. The lowest BCUT2D eigenvalue weighted by Gasteiger charge is -2.32. The molecule has 0 atom stereocenters. The summed E-state index contributed by atoms with van der Waals surface area (Å²) in [5.74, 6) is 0. The van der Waals surface area contributed by atoms with E-state index < -0.39 is 10.0 Å². The smallest absolute Gasteiger partial charge is 0.245 e. The van der Waals surface area contributed by atoms with E-state index in [-0.39, 0.29) is 6.04 Å². The van der Waals surface area contributed by atoms with Gasteiger partial charge in [0.1, 0.15) is 4.90 Å². The predicted octanol–water partition coefficient (Wildman–Crippen LogP) is 2.31. The zero-order valence-corrected chi connectivity index (χ0v) is 17.0. The fraction of sp³-hybridized carbons (Fsp3) is 0.450. The average Bonchev–Trinajstić information content (AvgIpc) is 3.37. The number of piperidine rings is 1. The molecule has 3 aromatic rings. The molecule has 0 amide bonds. The van der Waals surface area contributed by atoms with Gasteiger partial charge in [-0.15, -0.1) is 0 Å². The minimum atomic E-state index is -3.53. The van der Waals surface area contributed by atoms with E-state index in [1.54, 1.807) is 4.31 Å². The number of sulfonamides is 1. The third-order valence-electron chi connectivity index (χ3n) is 6.30. The Bertz CT molecular complexity index is 1150. The molecule has 0 radical (unpaired) electrons. The molecule has 0 spiro atoms. The highest BCUT2D eigenvalue weighted by molar-refractivity contribution is 7.89. The van der Waals surface area contributed by atoms with Crippen LogP contribution in [0.4, 0.5) is 0 Å². The summed E-state index contributed by atoms with van der Waals surface area (Å²) >= 11 is 0. The molecule has 2 aliphatic heterocycles. The maximum atomic E-state index is 13.5. The fourth-order valence-electron chi connectivity index (χ4n) is 4.66. The van der Waals surface area contributed by atoms with Crippen LogP contribution in [0.3, 0.4) is 0 Å². The summed E-state index contributed by atoms with van der Waals surface area (Å²) in [6, 6.07) is 7.99. The molecule has 28 heavy (non-hydrogen) atoms. The van der Waals surface area contributed by atoms with E-state index in [1.165, 1.54) is 11.3 Å². The van der Waals surface area contributed by atoms with Gasteiger partial charge in [0.2, 0.25) is 10.0 Å². The van der Waals surface area contributed by atoms with Crippen LogP contribution in [0.2, 0.25) is 0 Å². The van der Waals surface area contributed by atoms with Crippen LogP contribution in [0.1, 0.15) is 35.8 Å². The molecule has 0 bridgehead atoms. The topological polar surface area (TPSA) is 72.2 Å². The van der Waals surface area contributed by atoms with Gasteiger partial charge in [0.05, 0.1) is 17.9 Å². The molecule has 0 saturated carbocycles. The number of aromatic nitrogens is 3. The first-order chi connectivity index (χ1) is 13.5. The van der Waals surface area contributed by atoms with Gasteiger partial charge in [0.15, 0.2) is 0 Å². The summed E-state index contributed by atoms with van der Waals surface area (Å²) in [5, 5.41) is 8.73. The summed E-state index contributed by atoms with van der Waals surface area (Å²) in [5.41, 5.74) is 4.26. The Morgan fingerprint density at radius 1 is 1.14 bits per heavy atom. The van der Waals surface area contributed by atoms with Crippen LogP contribution in [0.25, 0.3) is 10.9 Å². The highest BCUT2D eigenvalue weighted by atomic mass is 32.2. The van der Waals surface area contributed by atoms with Crippen molar-refractivity contribution in [2.24, 2.45) is 7.05 Å². The van der Waals surface area contributed by atoms with Crippen molar-refractivity contribution in [3.63, 3.8) is 0 Å². The van der Waals surface area contributed by atoms with Crippen LogP contribution >= 0.6 is 0 Å². The van der Waals surface area contributed by atoms with Crippen LogP contribution in [-0.2, 0) is 30.2 Å². The molecule has 1 fully saturated rings. The minimum absolute atomic E-state index is 0.267. The number of rotatable bonds is 3. The Kier molecular flexibility index (Phi) is 4.12. The fourth-order valence-corrected chi connectivity index (χ4v) is 6.57. The van der Waals surface area contributed by atoms with Gasteiger partial charge in [0, 0.05) is 55.4 Å². The average molecular weight is 400 g/mol. The van der Waals surface area contributed by atoms with Gasteiger partial charge < -0.3 is 9.88 Å². The van der Waals surface area contributed by atoms with Crippen LogP contribution < -0.4 is 5.32 Å². The molecule has 148 valence electrons. The second-order valence-electron chi connectivity index (χ2n) is 7.79. The third-order valence-corrected chi connectivity index (χ3v) is 8.38. The van der Waals surface area contributed by atoms with Gasteiger partial charge in [0.25, 0.3) is 0 Å². The van der Waals surface area contributed by atoms with Crippen LogP contribution in [0, 0.1) is 6.92 Å². The summed E-state index contributed by atoms with van der Waals surface area (Å²) in [7, 11) is -1.61. The number of nitrogens with one attached hydrogen (secondary N) is 1. The number of nitrogens with zero attached hydrogens (tertiary/aromatic N) is 4. The Labute approximate surface area is 165 Å². The Morgan fingerprint density at radius 3 is 2.68 bits per heavy atom. The maximum Gasteiger partial charge on any atom is 0.245 e. The number of para-hydroxylation sites is 1. The van der Waals surface area contributed by atoms with E-state index >= 15 is 0 Å². The Hall–Kier alpha value is -2.16. The predicted molar refractivity (Wildman–Crippen MR) is 107 cm³/mol. The van der Waals surface area contributed by atoms with Crippen LogP contribution in [0.5, 0.6) is 0 Å². The number of hydrogen-bond acceptors (Lipinski definition) is 4. The number of hydrogen-bond donors (Lipinski definition) is 1. The third kappa shape index (κ3) is 2.55. The molecule has 5 rings (SSSR count). The Morgan fingerprint density at radius 2 is 1.89 bits per heavy atom. The highest BCUT2D eigenvalue weighted by Crippen LogP contribution is 2.34. The molecule has 2 aliphatic rings. The first kappa shape index (κ1) is 17.9. The van der Waals surface area contributed by atoms with Gasteiger partial charge in [-0.2, -0.15) is 9.40 Å². The second-order valence-corrected chi connectivity index (χ2v) is 9.67. The first-order valence-corrected chi connectivity index (χ1v) is 11.2.